The van der Waals surface area contributed by atoms with Gasteiger partial charge in [0, 0.05) is 28.3 Å². The van der Waals surface area contributed by atoms with E-state index in [2.05, 4.69) is 50.7 Å². The van der Waals surface area contributed by atoms with E-state index in [0.717, 1.165) is 16.4 Å². The molecule has 0 spiro atoms. The molecule has 3 aromatic heterocycles. The maximum Gasteiger partial charge on any atom is 0.236 e. The monoisotopic (exact) mass is 460 g/mol. The van der Waals surface area contributed by atoms with E-state index in [9.17, 15) is 4.79 Å². The molecule has 1 amide bonds. The normalized spacial score (nSPS) is 14.7. The zero-order chi connectivity index (χ0) is 20.9. The molecule has 1 saturated carbocycles. The Labute approximate surface area is 188 Å². The molecule has 0 aliphatic heterocycles. The van der Waals surface area contributed by atoms with E-state index >= 15 is 0 Å². The molecule has 1 N–H and O–H groups in total. The second-order valence-corrected chi connectivity index (χ2v) is 10.3. The highest BCUT2D eigenvalue weighted by atomic mass is 32.2. The molecule has 1 fully saturated rings. The molecule has 30 heavy (non-hydrogen) atoms. The summed E-state index contributed by atoms with van der Waals surface area (Å²) in [6.45, 7) is 6.48. The maximum atomic E-state index is 12.5. The molecule has 7 nitrogen and oxygen atoms in total. The van der Waals surface area contributed by atoms with Gasteiger partial charge in [0.1, 0.15) is 5.01 Å². The van der Waals surface area contributed by atoms with Gasteiger partial charge in [-0.1, -0.05) is 48.4 Å². The van der Waals surface area contributed by atoms with Gasteiger partial charge >= 0.3 is 0 Å². The van der Waals surface area contributed by atoms with Crippen LogP contribution in [0.3, 0.4) is 0 Å². The Kier molecular flexibility index (Phi) is 6.96. The zero-order valence-corrected chi connectivity index (χ0v) is 19.3. The van der Waals surface area contributed by atoms with Gasteiger partial charge in [-0.3, -0.25) is 14.7 Å². The van der Waals surface area contributed by atoms with Crippen molar-refractivity contribution in [2.24, 2.45) is 0 Å². The first kappa shape index (κ1) is 21.2. The van der Waals surface area contributed by atoms with Crippen LogP contribution in [0, 0.1) is 6.92 Å². The minimum Gasteiger partial charge on any atom is -0.300 e. The van der Waals surface area contributed by atoms with Crippen molar-refractivity contribution in [3.63, 3.8) is 0 Å². The first-order valence-electron chi connectivity index (χ1n) is 9.99. The molecule has 10 heteroatoms. The third-order valence-electron chi connectivity index (χ3n) is 4.99. The lowest BCUT2D eigenvalue weighted by atomic mass is 9.90. The molecule has 0 saturated heterocycles. The number of hydrogen-bond donors (Lipinski definition) is 1. The van der Waals surface area contributed by atoms with Crippen molar-refractivity contribution in [3.05, 3.63) is 34.0 Å². The van der Waals surface area contributed by atoms with E-state index < -0.39 is 0 Å². The average molecular weight is 461 g/mol. The summed E-state index contributed by atoms with van der Waals surface area (Å²) < 4.78 is 1.98. The number of aryl methyl sites for hydroxylation is 1. The summed E-state index contributed by atoms with van der Waals surface area (Å²) in [7, 11) is 0. The number of thiophene rings is 1. The van der Waals surface area contributed by atoms with Crippen LogP contribution >= 0.6 is 34.4 Å². The van der Waals surface area contributed by atoms with Gasteiger partial charge < -0.3 is 0 Å². The summed E-state index contributed by atoms with van der Waals surface area (Å²) in [5.74, 6) is 1.40. The number of allylic oxidation sites excluding steroid dienone is 1. The molecule has 0 atom stereocenters. The molecule has 0 radical (unpaired) electrons. The molecule has 3 heterocycles. The SMILES string of the molecule is C=CCn1c(SCC(=O)Nc2nnc(C3CCCCC3)s2)nnc1-c1csc(C)c1. The van der Waals surface area contributed by atoms with Crippen molar-refractivity contribution in [1.29, 1.82) is 0 Å². The van der Waals surface area contributed by atoms with E-state index in [1.54, 1.807) is 11.3 Å². The lowest BCUT2D eigenvalue weighted by Gasteiger charge is -2.18. The first-order valence-corrected chi connectivity index (χ1v) is 12.7. The fraction of sp³-hybridized carbons (Fsp3) is 0.450. The summed E-state index contributed by atoms with van der Waals surface area (Å²) in [5, 5.41) is 24.3. The lowest BCUT2D eigenvalue weighted by Crippen LogP contribution is -2.14. The standard InChI is InChI=1S/C20H24N6OS3/c1-3-9-26-17(15-10-13(2)28-11-15)22-25-20(26)29-12-16(27)21-19-24-23-18(30-19)14-7-5-4-6-8-14/h3,10-11,14H,1,4-9,12H2,2H3,(H,21,24,27). The molecule has 3 aromatic rings. The molecule has 1 aliphatic carbocycles. The number of nitrogens with one attached hydrogen (secondary N) is 1. The number of rotatable bonds is 8. The quantitative estimate of drug-likeness (QED) is 0.370. The highest BCUT2D eigenvalue weighted by Gasteiger charge is 2.21. The fourth-order valence-corrected chi connectivity index (χ4v) is 5.91. The first-order chi connectivity index (χ1) is 14.6. The van der Waals surface area contributed by atoms with Crippen LogP contribution in [-0.4, -0.2) is 36.6 Å². The molecule has 4 rings (SSSR count). The van der Waals surface area contributed by atoms with Gasteiger partial charge in [0.25, 0.3) is 0 Å². The Morgan fingerprint density at radius 3 is 2.87 bits per heavy atom. The number of carbonyl (C=O) groups is 1. The van der Waals surface area contributed by atoms with Crippen molar-refractivity contribution in [3.8, 4) is 11.4 Å². The van der Waals surface area contributed by atoms with Crippen LogP contribution in [0.1, 0.15) is 47.9 Å². The molecule has 0 bridgehead atoms. The number of hydrogen-bond acceptors (Lipinski definition) is 8. The molecule has 158 valence electrons. The van der Waals surface area contributed by atoms with Crippen LogP contribution < -0.4 is 5.32 Å². The van der Waals surface area contributed by atoms with Crippen LogP contribution in [0.4, 0.5) is 5.13 Å². The van der Waals surface area contributed by atoms with Crippen molar-refractivity contribution < 1.29 is 4.79 Å². The number of aromatic nitrogens is 5. The van der Waals surface area contributed by atoms with Crippen molar-refractivity contribution in [2.45, 2.75) is 56.6 Å². The van der Waals surface area contributed by atoms with Crippen LogP contribution in [0.2, 0.25) is 0 Å². The second kappa shape index (κ2) is 9.84. The van der Waals surface area contributed by atoms with E-state index in [-0.39, 0.29) is 11.7 Å². The summed E-state index contributed by atoms with van der Waals surface area (Å²) >= 11 is 4.53. The van der Waals surface area contributed by atoms with Crippen molar-refractivity contribution in [1.82, 2.24) is 25.0 Å². The number of anilines is 1. The highest BCUT2D eigenvalue weighted by Crippen LogP contribution is 2.35. The van der Waals surface area contributed by atoms with Crippen LogP contribution in [0.5, 0.6) is 0 Å². The number of thioether (sulfide) groups is 1. The lowest BCUT2D eigenvalue weighted by molar-refractivity contribution is -0.113. The Hall–Kier alpha value is -2.04. The zero-order valence-electron chi connectivity index (χ0n) is 16.8. The predicted molar refractivity (Wildman–Crippen MR) is 123 cm³/mol. The summed E-state index contributed by atoms with van der Waals surface area (Å²) in [4.78, 5) is 13.7. The van der Waals surface area contributed by atoms with Gasteiger partial charge in [0.2, 0.25) is 11.0 Å². The predicted octanol–water partition coefficient (Wildman–Crippen LogP) is 5.13. The Morgan fingerprint density at radius 1 is 1.30 bits per heavy atom. The van der Waals surface area contributed by atoms with Gasteiger partial charge in [-0.15, -0.1) is 38.3 Å². The number of carbonyl (C=O) groups excluding carboxylic acids is 1. The number of amides is 1. The van der Waals surface area contributed by atoms with Gasteiger partial charge in [-0.2, -0.15) is 0 Å². The Bertz CT molecular complexity index is 1020. The largest absolute Gasteiger partial charge is 0.300 e. The van der Waals surface area contributed by atoms with Gasteiger partial charge in [0.05, 0.1) is 5.75 Å². The minimum atomic E-state index is -0.118. The third kappa shape index (κ3) is 4.98. The molecule has 1 aliphatic rings. The Balaban J connectivity index is 1.37. The van der Waals surface area contributed by atoms with Crippen molar-refractivity contribution in [2.75, 3.05) is 11.1 Å². The summed E-state index contributed by atoms with van der Waals surface area (Å²) in [6.07, 6.45) is 7.96. The summed E-state index contributed by atoms with van der Waals surface area (Å²) in [6, 6.07) is 2.09. The van der Waals surface area contributed by atoms with Crippen LogP contribution in [0.15, 0.2) is 29.3 Å². The van der Waals surface area contributed by atoms with E-state index in [1.165, 1.54) is 60.1 Å². The van der Waals surface area contributed by atoms with Crippen molar-refractivity contribution >= 4 is 45.5 Å². The minimum absolute atomic E-state index is 0.118. The molecule has 0 unspecified atom stereocenters. The van der Waals surface area contributed by atoms with Crippen LogP contribution in [0.25, 0.3) is 11.4 Å². The topological polar surface area (TPSA) is 85.6 Å². The van der Waals surface area contributed by atoms with Crippen LogP contribution in [-0.2, 0) is 11.3 Å². The third-order valence-corrected chi connectivity index (χ3v) is 7.82. The smallest absolute Gasteiger partial charge is 0.236 e. The fourth-order valence-electron chi connectivity index (χ4n) is 3.55. The molecule has 0 aromatic carbocycles. The highest BCUT2D eigenvalue weighted by molar-refractivity contribution is 7.99. The molecular formula is C20H24N6OS3. The van der Waals surface area contributed by atoms with Gasteiger partial charge in [-0.05, 0) is 25.8 Å². The van der Waals surface area contributed by atoms with E-state index in [0.29, 0.717) is 22.8 Å². The number of nitrogens with zero attached hydrogens (tertiary/aromatic N) is 5. The van der Waals surface area contributed by atoms with Gasteiger partial charge in [-0.25, -0.2) is 0 Å². The van der Waals surface area contributed by atoms with E-state index in [1.807, 2.05) is 10.6 Å². The Morgan fingerprint density at radius 2 is 2.13 bits per heavy atom. The second-order valence-electron chi connectivity index (χ2n) is 7.27. The average Bonchev–Trinajstić information content (AvgIpc) is 3.48. The van der Waals surface area contributed by atoms with Gasteiger partial charge in [0.15, 0.2) is 11.0 Å². The molecular weight excluding hydrogens is 436 g/mol. The van der Waals surface area contributed by atoms with E-state index in [4.69, 9.17) is 0 Å². The maximum absolute atomic E-state index is 12.5. The summed E-state index contributed by atoms with van der Waals surface area (Å²) in [5.41, 5.74) is 1.03.